The molecule has 1 unspecified atom stereocenters. The molecule has 0 saturated heterocycles. The fourth-order valence-electron chi connectivity index (χ4n) is 2.72. The molecular weight excluding hydrogens is 232 g/mol. The average Bonchev–Trinajstić information content (AvgIpc) is 2.52. The first-order valence-corrected chi connectivity index (χ1v) is 6.76. The van der Waals surface area contributed by atoms with Gasteiger partial charge in [-0.2, -0.15) is 0 Å². The molecule has 0 heterocycles. The lowest BCUT2D eigenvalue weighted by Crippen LogP contribution is -2.04. The number of fused-ring (bicyclic) bond motifs is 2. The highest BCUT2D eigenvalue weighted by Crippen LogP contribution is 2.40. The molecule has 3 aliphatic rings. The molecule has 19 heavy (non-hydrogen) atoms. The van der Waals surface area contributed by atoms with Crippen LogP contribution in [-0.2, 0) is 4.79 Å². The third-order valence-corrected chi connectivity index (χ3v) is 3.80. The minimum Gasteiger partial charge on any atom is -0.289 e. The number of Topliss-reactive ketones (excluding diaryl/α,β-unsaturated/α-hetero) is 1. The molecule has 0 fully saturated rings. The quantitative estimate of drug-likeness (QED) is 0.633. The summed E-state index contributed by atoms with van der Waals surface area (Å²) < 4.78 is 0. The molecule has 0 spiro atoms. The number of carbonyl (C=O) groups excluding carboxylic acids is 1. The van der Waals surface area contributed by atoms with Crippen molar-refractivity contribution in [1.82, 2.24) is 0 Å². The highest BCUT2D eigenvalue weighted by molar-refractivity contribution is 6.19. The summed E-state index contributed by atoms with van der Waals surface area (Å²) in [5, 5.41) is 0. The Morgan fingerprint density at radius 3 is 2.47 bits per heavy atom. The van der Waals surface area contributed by atoms with Crippen LogP contribution >= 0.6 is 0 Å². The van der Waals surface area contributed by atoms with Gasteiger partial charge in [-0.1, -0.05) is 69.4 Å². The average molecular weight is 250 g/mol. The first-order chi connectivity index (χ1) is 8.98. The number of rotatable bonds is 0. The van der Waals surface area contributed by atoms with Crippen molar-refractivity contribution in [2.45, 2.75) is 20.8 Å². The van der Waals surface area contributed by atoms with Crippen LogP contribution in [0.15, 0.2) is 70.9 Å². The molecule has 0 aliphatic heterocycles. The monoisotopic (exact) mass is 250 g/mol. The Bertz CT molecular complexity index is 631. The minimum absolute atomic E-state index is 0.0220. The van der Waals surface area contributed by atoms with E-state index in [2.05, 4.69) is 51.2 Å². The molecule has 96 valence electrons. The summed E-state index contributed by atoms with van der Waals surface area (Å²) in [7, 11) is 0. The van der Waals surface area contributed by atoms with Crippen LogP contribution in [0.5, 0.6) is 0 Å². The normalized spacial score (nSPS) is 27.5. The fourth-order valence-corrected chi connectivity index (χ4v) is 2.72. The van der Waals surface area contributed by atoms with E-state index in [-0.39, 0.29) is 11.2 Å². The van der Waals surface area contributed by atoms with E-state index >= 15 is 0 Å². The van der Waals surface area contributed by atoms with Gasteiger partial charge >= 0.3 is 0 Å². The second kappa shape index (κ2) is 4.06. The number of allylic oxidation sites excluding steroid dienone is 12. The molecule has 1 nitrogen and oxygen atoms in total. The Hall–Kier alpha value is -1.89. The Morgan fingerprint density at radius 2 is 1.74 bits per heavy atom. The zero-order valence-electron chi connectivity index (χ0n) is 11.6. The van der Waals surface area contributed by atoms with E-state index in [1.54, 1.807) is 0 Å². The molecule has 0 N–H and O–H groups in total. The van der Waals surface area contributed by atoms with Gasteiger partial charge in [0, 0.05) is 16.6 Å². The van der Waals surface area contributed by atoms with Crippen LogP contribution in [0.2, 0.25) is 0 Å². The molecule has 3 rings (SSSR count). The second-order valence-corrected chi connectivity index (χ2v) is 6.05. The number of hydrogen-bond acceptors (Lipinski definition) is 1. The highest BCUT2D eigenvalue weighted by atomic mass is 16.1. The molecule has 3 aliphatic carbocycles. The summed E-state index contributed by atoms with van der Waals surface area (Å²) in [4.78, 5) is 12.5. The van der Waals surface area contributed by atoms with Crippen molar-refractivity contribution < 1.29 is 4.79 Å². The molecular formula is C18H18O. The largest absolute Gasteiger partial charge is 0.289 e. The molecule has 0 aromatic rings. The predicted octanol–water partition coefficient (Wildman–Crippen LogP) is 4.08. The van der Waals surface area contributed by atoms with Gasteiger partial charge in [0.15, 0.2) is 5.78 Å². The van der Waals surface area contributed by atoms with Gasteiger partial charge in [0.25, 0.3) is 0 Å². The van der Waals surface area contributed by atoms with Gasteiger partial charge in [-0.25, -0.2) is 0 Å². The molecule has 0 saturated carbocycles. The highest BCUT2D eigenvalue weighted by Gasteiger charge is 2.32. The van der Waals surface area contributed by atoms with E-state index in [1.165, 1.54) is 0 Å². The van der Waals surface area contributed by atoms with Crippen LogP contribution in [0, 0.1) is 11.3 Å². The van der Waals surface area contributed by atoms with Crippen LogP contribution in [0.3, 0.4) is 0 Å². The van der Waals surface area contributed by atoms with Gasteiger partial charge in [0.1, 0.15) is 0 Å². The smallest absolute Gasteiger partial charge is 0.194 e. The maximum atomic E-state index is 12.5. The Balaban J connectivity index is 2.20. The van der Waals surface area contributed by atoms with Gasteiger partial charge in [-0.15, -0.1) is 0 Å². The van der Waals surface area contributed by atoms with Crippen molar-refractivity contribution >= 4 is 5.78 Å². The summed E-state index contributed by atoms with van der Waals surface area (Å²) in [6.45, 7) is 6.45. The maximum absolute atomic E-state index is 12.5. The first-order valence-electron chi connectivity index (χ1n) is 6.76. The van der Waals surface area contributed by atoms with Gasteiger partial charge in [0.05, 0.1) is 0 Å². The maximum Gasteiger partial charge on any atom is 0.194 e. The summed E-state index contributed by atoms with van der Waals surface area (Å²) in [5.74, 6) is 0.530. The molecule has 1 atom stereocenters. The van der Waals surface area contributed by atoms with Crippen LogP contribution in [0.4, 0.5) is 0 Å². The minimum atomic E-state index is -0.0220. The first kappa shape index (κ1) is 12.2. The second-order valence-electron chi connectivity index (χ2n) is 6.05. The summed E-state index contributed by atoms with van der Waals surface area (Å²) >= 11 is 0. The van der Waals surface area contributed by atoms with E-state index < -0.39 is 0 Å². The molecule has 0 bridgehead atoms. The fraction of sp³-hybridized carbons (Fsp3) is 0.278. The lowest BCUT2D eigenvalue weighted by molar-refractivity contribution is -0.111. The van der Waals surface area contributed by atoms with Crippen molar-refractivity contribution in [2.24, 2.45) is 11.3 Å². The molecule has 1 heteroatoms. The Kier molecular flexibility index (Phi) is 2.60. The van der Waals surface area contributed by atoms with Gasteiger partial charge in [0.2, 0.25) is 0 Å². The zero-order chi connectivity index (χ0) is 13.6. The third-order valence-electron chi connectivity index (χ3n) is 3.80. The van der Waals surface area contributed by atoms with Crippen molar-refractivity contribution in [1.29, 1.82) is 0 Å². The Labute approximate surface area is 114 Å². The van der Waals surface area contributed by atoms with E-state index in [9.17, 15) is 4.79 Å². The number of ketones is 1. The SMILES string of the molecule is CC1C=CC2=C(C=C1)C1=CC(C)(C)C=CC=C1C2=O. The molecule has 0 aromatic carbocycles. The Morgan fingerprint density at radius 1 is 1.05 bits per heavy atom. The lowest BCUT2D eigenvalue weighted by atomic mass is 9.89. The van der Waals surface area contributed by atoms with Crippen LogP contribution in [0.1, 0.15) is 20.8 Å². The van der Waals surface area contributed by atoms with Crippen molar-refractivity contribution in [3.63, 3.8) is 0 Å². The summed E-state index contributed by atoms with van der Waals surface area (Å²) in [6, 6.07) is 0. The predicted molar refractivity (Wildman–Crippen MR) is 78.6 cm³/mol. The zero-order valence-corrected chi connectivity index (χ0v) is 11.6. The van der Waals surface area contributed by atoms with Crippen molar-refractivity contribution in [3.8, 4) is 0 Å². The molecule has 0 radical (unpaired) electrons. The summed E-state index contributed by atoms with van der Waals surface area (Å²) in [5.41, 5.74) is 3.81. The number of hydrogen-bond donors (Lipinski definition) is 0. The van der Waals surface area contributed by atoms with Gasteiger partial charge in [-0.05, 0) is 17.1 Å². The van der Waals surface area contributed by atoms with Crippen LogP contribution < -0.4 is 0 Å². The lowest BCUT2D eigenvalue weighted by Gasteiger charge is -2.15. The molecule has 0 aromatic heterocycles. The van der Waals surface area contributed by atoms with Crippen LogP contribution in [-0.4, -0.2) is 5.78 Å². The topological polar surface area (TPSA) is 17.1 Å². The van der Waals surface area contributed by atoms with Crippen LogP contribution in [0.25, 0.3) is 0 Å². The van der Waals surface area contributed by atoms with Gasteiger partial charge in [-0.3, -0.25) is 4.79 Å². The molecule has 0 amide bonds. The van der Waals surface area contributed by atoms with Crippen molar-refractivity contribution in [3.05, 3.63) is 70.9 Å². The third kappa shape index (κ3) is 1.99. The van der Waals surface area contributed by atoms with E-state index in [4.69, 9.17) is 0 Å². The summed E-state index contributed by atoms with van der Waals surface area (Å²) in [6.07, 6.45) is 16.6. The van der Waals surface area contributed by atoms with E-state index in [0.29, 0.717) is 5.92 Å². The number of carbonyl (C=O) groups is 1. The van der Waals surface area contributed by atoms with E-state index in [1.807, 2.05) is 18.2 Å². The van der Waals surface area contributed by atoms with Crippen molar-refractivity contribution in [2.75, 3.05) is 0 Å². The standard InChI is InChI=1S/C18H18O/c1-12-6-8-13-15(9-7-12)17(19)14-5-4-10-18(2,3)11-16(13)14/h4-12H,1-3H3. The van der Waals surface area contributed by atoms with E-state index in [0.717, 1.165) is 22.3 Å². The van der Waals surface area contributed by atoms with Gasteiger partial charge < -0.3 is 0 Å².